The highest BCUT2D eigenvalue weighted by Crippen LogP contribution is 2.40. The van der Waals surface area contributed by atoms with Crippen molar-refractivity contribution in [3.8, 4) is 11.5 Å². The summed E-state index contributed by atoms with van der Waals surface area (Å²) in [5.74, 6) is 4.12. The highest BCUT2D eigenvalue weighted by atomic mass is 32.1. The second kappa shape index (κ2) is 6.68. The molecule has 0 spiro atoms. The Morgan fingerprint density at radius 1 is 1.22 bits per heavy atom. The Kier molecular flexibility index (Phi) is 4.16. The number of para-hydroxylation sites is 2. The third-order valence-corrected chi connectivity index (χ3v) is 6.48. The zero-order valence-electron chi connectivity index (χ0n) is 15.6. The van der Waals surface area contributed by atoms with Crippen LogP contribution in [0.2, 0.25) is 0 Å². The van der Waals surface area contributed by atoms with Crippen LogP contribution in [0.15, 0.2) is 24.3 Å². The minimum atomic E-state index is -0.0419. The molecule has 27 heavy (non-hydrogen) atoms. The van der Waals surface area contributed by atoms with E-state index >= 15 is 0 Å². The Labute approximate surface area is 162 Å². The topological polar surface area (TPSA) is 56.3 Å². The molecule has 2 atom stereocenters. The molecule has 5 rings (SSSR count). The lowest BCUT2D eigenvalue weighted by atomic mass is 9.89. The Hall–Kier alpha value is -2.34. The van der Waals surface area contributed by atoms with Crippen molar-refractivity contribution in [1.82, 2.24) is 9.97 Å². The number of nitrogens with one attached hydrogen (secondary N) is 1. The van der Waals surface area contributed by atoms with Crippen LogP contribution in [0.3, 0.4) is 0 Å². The van der Waals surface area contributed by atoms with Crippen LogP contribution in [0, 0.1) is 12.8 Å². The normalized spacial score (nSPS) is 21.1. The molecule has 1 aliphatic carbocycles. The Morgan fingerprint density at radius 3 is 2.96 bits per heavy atom. The van der Waals surface area contributed by atoms with Crippen LogP contribution in [-0.2, 0) is 12.8 Å². The van der Waals surface area contributed by atoms with Gasteiger partial charge in [0.1, 0.15) is 29.2 Å². The van der Waals surface area contributed by atoms with Gasteiger partial charge in [-0.25, -0.2) is 9.97 Å². The Morgan fingerprint density at radius 2 is 2.07 bits per heavy atom. The van der Waals surface area contributed by atoms with Gasteiger partial charge in [-0.15, -0.1) is 11.3 Å². The van der Waals surface area contributed by atoms with Crippen molar-refractivity contribution in [1.29, 1.82) is 0 Å². The predicted molar refractivity (Wildman–Crippen MR) is 108 cm³/mol. The summed E-state index contributed by atoms with van der Waals surface area (Å²) in [6, 6.07) is 7.82. The lowest BCUT2D eigenvalue weighted by molar-refractivity contribution is 0.0997. The lowest BCUT2D eigenvalue weighted by Crippen LogP contribution is -2.35. The molecule has 140 valence electrons. The standard InChI is InChI=1S/C21H23N3O2S/c1-12-7-8-15-18(9-12)27-21-19(15)20(23-13(2)24-21)22-10-14-11-25-16-5-3-4-6-17(16)26-14/h3-6,12,14H,7-11H2,1-2H3,(H,22,23,24)/t12-,14+/m0/s1. The maximum absolute atomic E-state index is 6.08. The van der Waals surface area contributed by atoms with Gasteiger partial charge < -0.3 is 14.8 Å². The van der Waals surface area contributed by atoms with Crippen LogP contribution < -0.4 is 14.8 Å². The minimum absolute atomic E-state index is 0.0419. The fraction of sp³-hybridized carbons (Fsp3) is 0.429. The largest absolute Gasteiger partial charge is 0.486 e. The molecule has 0 saturated heterocycles. The molecule has 2 aliphatic rings. The number of aromatic nitrogens is 2. The van der Waals surface area contributed by atoms with Crippen LogP contribution in [0.25, 0.3) is 10.2 Å². The summed E-state index contributed by atoms with van der Waals surface area (Å²) >= 11 is 1.84. The van der Waals surface area contributed by atoms with E-state index in [4.69, 9.17) is 19.4 Å². The van der Waals surface area contributed by atoms with Gasteiger partial charge in [0.05, 0.1) is 11.9 Å². The first-order chi connectivity index (χ1) is 13.2. The summed E-state index contributed by atoms with van der Waals surface area (Å²) < 4.78 is 11.9. The molecular formula is C21H23N3O2S. The molecule has 0 amide bonds. The van der Waals surface area contributed by atoms with Crippen LogP contribution >= 0.6 is 11.3 Å². The van der Waals surface area contributed by atoms with Gasteiger partial charge in [0.25, 0.3) is 0 Å². The molecule has 0 bridgehead atoms. The number of hydrogen-bond donors (Lipinski definition) is 1. The SMILES string of the molecule is Cc1nc(NC[C@@H]2COc3ccccc3O2)c2c3c(sc2n1)C[C@@H](C)CC3. The molecule has 3 heterocycles. The van der Waals surface area contributed by atoms with E-state index in [-0.39, 0.29) is 6.10 Å². The van der Waals surface area contributed by atoms with E-state index in [0.717, 1.165) is 46.7 Å². The van der Waals surface area contributed by atoms with E-state index in [0.29, 0.717) is 13.2 Å². The van der Waals surface area contributed by atoms with E-state index in [9.17, 15) is 0 Å². The lowest BCUT2D eigenvalue weighted by Gasteiger charge is -2.27. The molecule has 1 aliphatic heterocycles. The summed E-state index contributed by atoms with van der Waals surface area (Å²) in [6.45, 7) is 5.49. The summed E-state index contributed by atoms with van der Waals surface area (Å²) in [5, 5.41) is 4.74. The smallest absolute Gasteiger partial charge is 0.161 e. The second-order valence-electron chi connectivity index (χ2n) is 7.53. The second-order valence-corrected chi connectivity index (χ2v) is 8.61. The number of ether oxygens (including phenoxy) is 2. The summed E-state index contributed by atoms with van der Waals surface area (Å²) in [5.41, 5.74) is 1.45. The number of aryl methyl sites for hydroxylation is 2. The average Bonchev–Trinajstić information content (AvgIpc) is 3.02. The molecule has 5 nitrogen and oxygen atoms in total. The first-order valence-corrected chi connectivity index (χ1v) is 10.4. The van der Waals surface area contributed by atoms with Crippen molar-refractivity contribution in [3.63, 3.8) is 0 Å². The van der Waals surface area contributed by atoms with Crippen LogP contribution in [0.5, 0.6) is 11.5 Å². The number of anilines is 1. The molecule has 0 unspecified atom stereocenters. The summed E-state index contributed by atoms with van der Waals surface area (Å²) in [6.07, 6.45) is 3.47. The molecule has 0 radical (unpaired) electrons. The van der Waals surface area contributed by atoms with Gasteiger partial charge in [-0.1, -0.05) is 19.1 Å². The highest BCUT2D eigenvalue weighted by Gasteiger charge is 2.25. The minimum Gasteiger partial charge on any atom is -0.486 e. The first-order valence-electron chi connectivity index (χ1n) is 9.58. The van der Waals surface area contributed by atoms with Gasteiger partial charge >= 0.3 is 0 Å². The molecule has 0 saturated carbocycles. The molecule has 0 fully saturated rings. The van der Waals surface area contributed by atoms with E-state index < -0.39 is 0 Å². The van der Waals surface area contributed by atoms with Crippen molar-refractivity contribution in [2.45, 2.75) is 39.2 Å². The van der Waals surface area contributed by atoms with Crippen LogP contribution in [-0.4, -0.2) is 29.2 Å². The van der Waals surface area contributed by atoms with Gasteiger partial charge in [0.15, 0.2) is 11.5 Å². The van der Waals surface area contributed by atoms with Crippen molar-refractivity contribution >= 4 is 27.4 Å². The third kappa shape index (κ3) is 3.12. The van der Waals surface area contributed by atoms with Crippen LogP contribution in [0.1, 0.15) is 29.6 Å². The number of thiophene rings is 1. The molecule has 1 N–H and O–H groups in total. The molecular weight excluding hydrogens is 358 g/mol. The molecule has 1 aromatic carbocycles. The van der Waals surface area contributed by atoms with E-state index in [2.05, 4.69) is 12.2 Å². The summed E-state index contributed by atoms with van der Waals surface area (Å²) in [4.78, 5) is 12.0. The van der Waals surface area contributed by atoms with Crippen molar-refractivity contribution in [2.75, 3.05) is 18.5 Å². The fourth-order valence-corrected chi connectivity index (χ4v) is 5.38. The van der Waals surface area contributed by atoms with Gasteiger partial charge in [0, 0.05) is 4.88 Å². The molecule has 6 heteroatoms. The number of nitrogens with zero attached hydrogens (tertiary/aromatic N) is 2. The average molecular weight is 382 g/mol. The molecule has 2 aromatic heterocycles. The van der Waals surface area contributed by atoms with Gasteiger partial charge in [-0.3, -0.25) is 0 Å². The van der Waals surface area contributed by atoms with Crippen LogP contribution in [0.4, 0.5) is 5.82 Å². The number of benzene rings is 1. The fourth-order valence-electron chi connectivity index (χ4n) is 3.95. The first kappa shape index (κ1) is 16.8. The predicted octanol–water partition coefficient (Wildman–Crippen LogP) is 4.38. The number of rotatable bonds is 3. The summed E-state index contributed by atoms with van der Waals surface area (Å²) in [7, 11) is 0. The third-order valence-electron chi connectivity index (χ3n) is 5.33. The molecule has 3 aromatic rings. The zero-order valence-corrected chi connectivity index (χ0v) is 16.4. The Balaban J connectivity index is 1.41. The monoisotopic (exact) mass is 381 g/mol. The van der Waals surface area contributed by atoms with Crippen molar-refractivity contribution in [3.05, 3.63) is 40.5 Å². The zero-order chi connectivity index (χ0) is 18.4. The Bertz CT molecular complexity index is 1000. The van der Waals surface area contributed by atoms with E-state index in [1.165, 1.54) is 22.2 Å². The van der Waals surface area contributed by atoms with Crippen molar-refractivity contribution < 1.29 is 9.47 Å². The van der Waals surface area contributed by atoms with Gasteiger partial charge in [-0.05, 0) is 49.8 Å². The maximum atomic E-state index is 6.08. The van der Waals surface area contributed by atoms with Crippen molar-refractivity contribution in [2.24, 2.45) is 5.92 Å². The highest BCUT2D eigenvalue weighted by molar-refractivity contribution is 7.19. The number of hydrogen-bond acceptors (Lipinski definition) is 6. The van der Waals surface area contributed by atoms with Gasteiger partial charge in [-0.2, -0.15) is 0 Å². The van der Waals surface area contributed by atoms with E-state index in [1.807, 2.05) is 42.5 Å². The van der Waals surface area contributed by atoms with Gasteiger partial charge in [0.2, 0.25) is 0 Å². The quantitative estimate of drug-likeness (QED) is 0.730. The van der Waals surface area contributed by atoms with E-state index in [1.54, 1.807) is 0 Å². The number of fused-ring (bicyclic) bond motifs is 4. The maximum Gasteiger partial charge on any atom is 0.161 e.